The molecule has 0 nitrogen and oxygen atoms in total. The molecule has 2 heteroatoms. The molecule has 3 aromatic rings. The number of hydrogen-bond acceptors (Lipinski definition) is 0. The van der Waals surface area contributed by atoms with E-state index in [1.54, 1.807) is 0 Å². The van der Waals surface area contributed by atoms with Gasteiger partial charge in [0.25, 0.3) is 0 Å². The Hall–Kier alpha value is -1.05. The number of benzene rings is 3. The molecule has 0 radical (unpaired) electrons. The molecule has 0 saturated carbocycles. The molecule has 21 heavy (non-hydrogen) atoms. The van der Waals surface area contributed by atoms with Gasteiger partial charge in [0, 0.05) is 0 Å². The van der Waals surface area contributed by atoms with Gasteiger partial charge in [-0.3, -0.25) is 0 Å². The Bertz CT molecular complexity index is 584. The van der Waals surface area contributed by atoms with E-state index in [-0.39, 0.29) is 0 Å². The summed E-state index contributed by atoms with van der Waals surface area (Å²) in [7, 11) is 0. The van der Waals surface area contributed by atoms with Crippen LogP contribution in [0.3, 0.4) is 0 Å². The molecule has 0 aromatic heterocycles. The van der Waals surface area contributed by atoms with Gasteiger partial charge in [0.1, 0.15) is 0 Å². The number of rotatable bonds is 4. The van der Waals surface area contributed by atoms with Crippen molar-refractivity contribution in [3.05, 3.63) is 91.0 Å². The topological polar surface area (TPSA) is 0 Å². The van der Waals surface area contributed by atoms with Crippen LogP contribution in [-0.4, -0.2) is 16.8 Å². The monoisotopic (exact) mass is 447 g/mol. The van der Waals surface area contributed by atoms with Crippen LogP contribution >= 0.6 is 22.6 Å². The first-order valence-electron chi connectivity index (χ1n) is 6.99. The van der Waals surface area contributed by atoms with E-state index in [1.807, 2.05) is 0 Å². The van der Waals surface area contributed by atoms with Crippen molar-refractivity contribution in [2.45, 2.75) is 0 Å². The fourth-order valence-corrected chi connectivity index (χ4v) is 15.9. The van der Waals surface area contributed by atoms with Crippen LogP contribution in [0.15, 0.2) is 91.0 Å². The number of alkyl halides is 1. The van der Waals surface area contributed by atoms with Crippen molar-refractivity contribution in [1.29, 1.82) is 0 Å². The van der Waals surface area contributed by atoms with Gasteiger partial charge in [-0.25, -0.2) is 0 Å². The standard InChI is InChI=1S/C19H17AsI/c21-16-20(17-10-4-1-5-11-17,18-12-6-2-7-13-18)19-14-8-3-9-15-19/h1-15H,16H2/q+1. The van der Waals surface area contributed by atoms with Crippen LogP contribution in [0.25, 0.3) is 0 Å². The fraction of sp³-hybridized carbons (Fsp3) is 0.0526. The zero-order valence-corrected chi connectivity index (χ0v) is 15.7. The summed E-state index contributed by atoms with van der Waals surface area (Å²) in [4.78, 5) is 0. The van der Waals surface area contributed by atoms with Crippen LogP contribution in [0, 0.1) is 0 Å². The molecular weight excluding hydrogens is 430 g/mol. The molecule has 104 valence electrons. The predicted molar refractivity (Wildman–Crippen MR) is 103 cm³/mol. The second-order valence-corrected chi connectivity index (χ2v) is 15.6. The summed E-state index contributed by atoms with van der Waals surface area (Å²) in [6.07, 6.45) is 0. The van der Waals surface area contributed by atoms with Gasteiger partial charge in [0.15, 0.2) is 0 Å². The zero-order valence-electron chi connectivity index (χ0n) is 11.7. The Morgan fingerprint density at radius 1 is 0.524 bits per heavy atom. The van der Waals surface area contributed by atoms with E-state index in [0.717, 1.165) is 0 Å². The van der Waals surface area contributed by atoms with Gasteiger partial charge in [-0.05, 0) is 0 Å². The van der Waals surface area contributed by atoms with Crippen molar-refractivity contribution >= 4 is 49.2 Å². The van der Waals surface area contributed by atoms with E-state index >= 15 is 0 Å². The van der Waals surface area contributed by atoms with Crippen molar-refractivity contribution in [2.24, 2.45) is 0 Å². The first kappa shape index (κ1) is 14.9. The summed E-state index contributed by atoms with van der Waals surface area (Å²) in [6.45, 7) is 0. The van der Waals surface area contributed by atoms with Crippen LogP contribution in [-0.2, 0) is 0 Å². The van der Waals surface area contributed by atoms with Crippen molar-refractivity contribution in [3.8, 4) is 0 Å². The van der Waals surface area contributed by atoms with E-state index in [2.05, 4.69) is 114 Å². The summed E-state index contributed by atoms with van der Waals surface area (Å²) in [5.74, 6) is 0. The van der Waals surface area contributed by atoms with E-state index < -0.39 is 13.6 Å². The summed E-state index contributed by atoms with van der Waals surface area (Å²) in [6, 6.07) is 33.2. The number of halogens is 1. The third kappa shape index (κ3) is 2.82. The zero-order chi connectivity index (χ0) is 14.5. The SMILES string of the molecule is IC[As+](c1ccccc1)(c1ccccc1)c1ccccc1. The van der Waals surface area contributed by atoms with Gasteiger partial charge in [0.05, 0.1) is 0 Å². The van der Waals surface area contributed by atoms with Crippen molar-refractivity contribution < 1.29 is 0 Å². The maximum atomic E-state index is 2.59. The van der Waals surface area contributed by atoms with Crippen LogP contribution in [0.1, 0.15) is 0 Å². The molecule has 0 amide bonds. The summed E-state index contributed by atoms with van der Waals surface area (Å²) < 4.78 is 5.72. The van der Waals surface area contributed by atoms with Crippen molar-refractivity contribution in [3.63, 3.8) is 0 Å². The molecule has 0 aliphatic heterocycles. The molecule has 0 aliphatic carbocycles. The van der Waals surface area contributed by atoms with Crippen LogP contribution in [0.2, 0.25) is 0 Å². The van der Waals surface area contributed by atoms with Crippen LogP contribution < -0.4 is 13.1 Å². The molecule has 0 saturated heterocycles. The third-order valence-electron chi connectivity index (χ3n) is 3.77. The third-order valence-corrected chi connectivity index (χ3v) is 17.3. The van der Waals surface area contributed by atoms with Gasteiger partial charge < -0.3 is 0 Å². The van der Waals surface area contributed by atoms with Crippen molar-refractivity contribution in [2.75, 3.05) is 3.22 Å². The van der Waals surface area contributed by atoms with E-state index in [0.29, 0.717) is 0 Å². The van der Waals surface area contributed by atoms with E-state index in [9.17, 15) is 0 Å². The van der Waals surface area contributed by atoms with Gasteiger partial charge in [-0.1, -0.05) is 0 Å². The van der Waals surface area contributed by atoms with Gasteiger partial charge in [-0.15, -0.1) is 0 Å². The van der Waals surface area contributed by atoms with E-state index in [1.165, 1.54) is 16.3 Å². The number of hydrogen-bond donors (Lipinski definition) is 0. The Morgan fingerprint density at radius 3 is 1.05 bits per heavy atom. The Morgan fingerprint density at radius 2 is 0.810 bits per heavy atom. The van der Waals surface area contributed by atoms with E-state index in [4.69, 9.17) is 0 Å². The molecular formula is C19H17AsI+. The molecule has 0 unspecified atom stereocenters. The van der Waals surface area contributed by atoms with Crippen molar-refractivity contribution in [1.82, 2.24) is 0 Å². The summed E-state index contributed by atoms with van der Waals surface area (Å²) in [5.41, 5.74) is 0. The maximum absolute atomic E-state index is 2.59. The Balaban J connectivity index is 2.29. The minimum atomic E-state index is -2.34. The summed E-state index contributed by atoms with van der Waals surface area (Å²) >= 11 is 0.246. The fourth-order valence-electron chi connectivity index (χ4n) is 2.70. The first-order valence-corrected chi connectivity index (χ1v) is 12.7. The quantitative estimate of drug-likeness (QED) is 0.328. The molecule has 0 heterocycles. The van der Waals surface area contributed by atoms with Gasteiger partial charge in [-0.2, -0.15) is 0 Å². The molecule has 0 spiro atoms. The molecule has 0 aliphatic rings. The molecule has 0 bridgehead atoms. The molecule has 3 aromatic carbocycles. The van der Waals surface area contributed by atoms with Gasteiger partial charge >= 0.3 is 143 Å². The predicted octanol–water partition coefficient (Wildman–Crippen LogP) is 3.13. The minimum absolute atomic E-state index is 1.17. The van der Waals surface area contributed by atoms with Crippen LogP contribution in [0.5, 0.6) is 0 Å². The van der Waals surface area contributed by atoms with Gasteiger partial charge in [0.2, 0.25) is 0 Å². The molecule has 0 fully saturated rings. The Labute approximate surface area is 142 Å². The first-order chi connectivity index (χ1) is 10.4. The second-order valence-electron chi connectivity index (χ2n) is 4.94. The Kier molecular flexibility index (Phi) is 4.82. The average Bonchev–Trinajstić information content (AvgIpc) is 2.59. The summed E-state index contributed by atoms with van der Waals surface area (Å²) in [5, 5.41) is 0. The normalized spacial score (nSPS) is 11.3. The average molecular weight is 447 g/mol. The second kappa shape index (κ2) is 6.81. The van der Waals surface area contributed by atoms with Crippen LogP contribution in [0.4, 0.5) is 0 Å². The molecule has 0 atom stereocenters. The molecule has 0 N–H and O–H groups in total. The molecule has 3 rings (SSSR count).